The van der Waals surface area contributed by atoms with Gasteiger partial charge in [0.15, 0.2) is 0 Å². The van der Waals surface area contributed by atoms with Crippen molar-refractivity contribution < 1.29 is 14.0 Å². The van der Waals surface area contributed by atoms with Crippen LogP contribution in [-0.2, 0) is 4.79 Å². The molecule has 1 atom stereocenters. The zero-order valence-electron chi connectivity index (χ0n) is 15.0. The summed E-state index contributed by atoms with van der Waals surface area (Å²) in [5.74, 6) is -0.178. The largest absolute Gasteiger partial charge is 0.321 e. The van der Waals surface area contributed by atoms with Crippen molar-refractivity contribution in [3.05, 3.63) is 81.8 Å². The van der Waals surface area contributed by atoms with Crippen LogP contribution in [0.15, 0.2) is 60.0 Å². The maximum atomic E-state index is 14.0. The van der Waals surface area contributed by atoms with Crippen LogP contribution in [0.4, 0.5) is 15.8 Å². The number of hydrogen-bond donors (Lipinski definition) is 1. The number of halogens is 1. The van der Waals surface area contributed by atoms with Gasteiger partial charge in [0.25, 0.3) is 5.91 Å². The highest BCUT2D eigenvalue weighted by atomic mass is 32.2. The van der Waals surface area contributed by atoms with E-state index in [9.17, 15) is 14.0 Å². The summed E-state index contributed by atoms with van der Waals surface area (Å²) in [6, 6.07) is 15.9. The van der Waals surface area contributed by atoms with Crippen LogP contribution in [0.2, 0.25) is 0 Å². The van der Waals surface area contributed by atoms with Gasteiger partial charge in [-0.3, -0.25) is 14.5 Å². The van der Waals surface area contributed by atoms with Crippen LogP contribution in [0.3, 0.4) is 0 Å². The van der Waals surface area contributed by atoms with E-state index in [0.29, 0.717) is 27.6 Å². The molecular formula is C21H17FN2O2S2. The van der Waals surface area contributed by atoms with Crippen molar-refractivity contribution in [3.8, 4) is 0 Å². The van der Waals surface area contributed by atoms with Crippen LogP contribution in [-0.4, -0.2) is 17.6 Å². The van der Waals surface area contributed by atoms with E-state index in [1.807, 2.05) is 35.7 Å². The summed E-state index contributed by atoms with van der Waals surface area (Å²) < 4.78 is 14.0. The number of amides is 2. The fraction of sp³-hybridized carbons (Fsp3) is 0.143. The molecule has 1 unspecified atom stereocenters. The first-order valence-corrected chi connectivity index (χ1v) is 10.6. The predicted octanol–water partition coefficient (Wildman–Crippen LogP) is 5.23. The minimum Gasteiger partial charge on any atom is -0.321 e. The van der Waals surface area contributed by atoms with E-state index in [-0.39, 0.29) is 23.0 Å². The lowest BCUT2D eigenvalue weighted by Crippen LogP contribution is -2.27. The lowest BCUT2D eigenvalue weighted by atomic mass is 10.1. The Kier molecular flexibility index (Phi) is 5.19. The van der Waals surface area contributed by atoms with Gasteiger partial charge in [-0.05, 0) is 53.8 Å². The van der Waals surface area contributed by atoms with Gasteiger partial charge in [-0.1, -0.05) is 24.3 Å². The third-order valence-corrected chi connectivity index (χ3v) is 6.58. The first-order valence-electron chi connectivity index (χ1n) is 8.67. The van der Waals surface area contributed by atoms with E-state index in [1.54, 1.807) is 30.0 Å². The van der Waals surface area contributed by atoms with Crippen molar-refractivity contribution in [2.45, 2.75) is 12.3 Å². The summed E-state index contributed by atoms with van der Waals surface area (Å²) in [5.41, 5.74) is 2.71. The molecule has 2 heterocycles. The number of nitrogens with one attached hydrogen (secondary N) is 1. The second kappa shape index (κ2) is 7.77. The molecule has 0 aliphatic carbocycles. The van der Waals surface area contributed by atoms with Crippen molar-refractivity contribution in [3.63, 3.8) is 0 Å². The predicted molar refractivity (Wildman–Crippen MR) is 113 cm³/mol. The number of carbonyl (C=O) groups excluding carboxylic acids is 2. The third-order valence-electron chi connectivity index (χ3n) is 4.50. The van der Waals surface area contributed by atoms with Crippen molar-refractivity contribution >= 4 is 46.3 Å². The Morgan fingerprint density at radius 1 is 1.18 bits per heavy atom. The highest BCUT2D eigenvalue weighted by Gasteiger charge is 2.34. The second-order valence-electron chi connectivity index (χ2n) is 6.41. The monoisotopic (exact) mass is 412 g/mol. The average molecular weight is 413 g/mol. The summed E-state index contributed by atoms with van der Waals surface area (Å²) in [6.45, 7) is 1.69. The van der Waals surface area contributed by atoms with E-state index in [4.69, 9.17) is 0 Å². The SMILES string of the molecule is Cc1ccc(N2C(=O)CSC2c2ccc(NC(=O)c3cccs3)cc2)cc1F. The van der Waals surface area contributed by atoms with Gasteiger partial charge in [-0.15, -0.1) is 23.1 Å². The van der Waals surface area contributed by atoms with E-state index >= 15 is 0 Å². The molecule has 0 saturated carbocycles. The molecule has 1 aliphatic heterocycles. The number of hydrogen-bond acceptors (Lipinski definition) is 4. The Morgan fingerprint density at radius 2 is 1.96 bits per heavy atom. The summed E-state index contributed by atoms with van der Waals surface area (Å²) >= 11 is 2.89. The third kappa shape index (κ3) is 3.68. The molecule has 1 N–H and O–H groups in total. The molecule has 142 valence electrons. The summed E-state index contributed by atoms with van der Waals surface area (Å²) in [5, 5.41) is 4.49. The Hall–Kier alpha value is -2.64. The number of rotatable bonds is 4. The number of thioether (sulfide) groups is 1. The molecule has 1 aliphatic rings. The molecule has 4 nitrogen and oxygen atoms in total. The van der Waals surface area contributed by atoms with Gasteiger partial charge >= 0.3 is 0 Å². The van der Waals surface area contributed by atoms with E-state index in [0.717, 1.165) is 5.56 Å². The molecule has 28 heavy (non-hydrogen) atoms. The fourth-order valence-electron chi connectivity index (χ4n) is 3.01. The zero-order chi connectivity index (χ0) is 19.7. The van der Waals surface area contributed by atoms with Gasteiger partial charge in [0.05, 0.1) is 10.6 Å². The zero-order valence-corrected chi connectivity index (χ0v) is 16.6. The molecule has 2 aromatic carbocycles. The summed E-state index contributed by atoms with van der Waals surface area (Å²) in [7, 11) is 0. The van der Waals surface area contributed by atoms with Crippen LogP contribution in [0.5, 0.6) is 0 Å². The molecular weight excluding hydrogens is 395 g/mol. The van der Waals surface area contributed by atoms with Gasteiger partial charge < -0.3 is 5.32 Å². The lowest BCUT2D eigenvalue weighted by molar-refractivity contribution is -0.115. The number of nitrogens with zero attached hydrogens (tertiary/aromatic N) is 1. The summed E-state index contributed by atoms with van der Waals surface area (Å²) in [6.07, 6.45) is 0. The average Bonchev–Trinajstić information content (AvgIpc) is 3.35. The molecule has 0 spiro atoms. The van der Waals surface area contributed by atoms with Gasteiger partial charge in [-0.2, -0.15) is 0 Å². The molecule has 4 rings (SSSR count). The van der Waals surface area contributed by atoms with E-state index in [2.05, 4.69) is 5.32 Å². The first kappa shape index (κ1) is 18.7. The van der Waals surface area contributed by atoms with Crippen molar-refractivity contribution in [1.29, 1.82) is 0 Å². The maximum Gasteiger partial charge on any atom is 0.265 e. The molecule has 7 heteroatoms. The van der Waals surface area contributed by atoms with Crippen LogP contribution in [0.1, 0.15) is 26.2 Å². The number of aryl methyl sites for hydroxylation is 1. The number of thiophene rings is 1. The fourth-order valence-corrected chi connectivity index (χ4v) is 4.81. The molecule has 3 aromatic rings. The van der Waals surface area contributed by atoms with Crippen LogP contribution >= 0.6 is 23.1 Å². The Balaban J connectivity index is 1.55. The maximum absolute atomic E-state index is 14.0. The second-order valence-corrected chi connectivity index (χ2v) is 8.43. The summed E-state index contributed by atoms with van der Waals surface area (Å²) in [4.78, 5) is 26.9. The van der Waals surface area contributed by atoms with Crippen LogP contribution in [0.25, 0.3) is 0 Å². The van der Waals surface area contributed by atoms with Crippen LogP contribution in [0, 0.1) is 12.7 Å². The lowest BCUT2D eigenvalue weighted by Gasteiger charge is -2.24. The van der Waals surface area contributed by atoms with Gasteiger partial charge in [0.1, 0.15) is 11.2 Å². The number of benzene rings is 2. The van der Waals surface area contributed by atoms with E-state index < -0.39 is 0 Å². The van der Waals surface area contributed by atoms with Crippen molar-refractivity contribution in [2.75, 3.05) is 16.0 Å². The Labute approximate surface area is 170 Å². The Bertz CT molecular complexity index is 1020. The quantitative estimate of drug-likeness (QED) is 0.639. The van der Waals surface area contributed by atoms with E-state index in [1.165, 1.54) is 29.2 Å². The first-order chi connectivity index (χ1) is 13.5. The Morgan fingerprint density at radius 3 is 2.64 bits per heavy atom. The van der Waals surface area contributed by atoms with Gasteiger partial charge in [-0.25, -0.2) is 4.39 Å². The normalized spacial score (nSPS) is 16.4. The number of carbonyl (C=O) groups is 2. The molecule has 0 radical (unpaired) electrons. The highest BCUT2D eigenvalue weighted by molar-refractivity contribution is 8.00. The van der Waals surface area contributed by atoms with Crippen molar-refractivity contribution in [2.24, 2.45) is 0 Å². The molecule has 1 saturated heterocycles. The smallest absolute Gasteiger partial charge is 0.265 e. The minimum absolute atomic E-state index is 0.0478. The highest BCUT2D eigenvalue weighted by Crippen LogP contribution is 2.42. The molecule has 1 aromatic heterocycles. The minimum atomic E-state index is -0.326. The van der Waals surface area contributed by atoms with Gasteiger partial charge in [0, 0.05) is 11.4 Å². The topological polar surface area (TPSA) is 49.4 Å². The number of anilines is 2. The van der Waals surface area contributed by atoms with Gasteiger partial charge in [0.2, 0.25) is 5.91 Å². The standard InChI is InChI=1S/C21H17FN2O2S2/c1-13-4-9-16(11-17(13)22)24-19(25)12-28-21(24)14-5-7-15(8-6-14)23-20(26)18-3-2-10-27-18/h2-11,21H,12H2,1H3,(H,23,26). The molecule has 0 bridgehead atoms. The molecule has 2 amide bonds. The molecule has 1 fully saturated rings. The van der Waals surface area contributed by atoms with Crippen LogP contribution < -0.4 is 10.2 Å². The van der Waals surface area contributed by atoms with Crippen molar-refractivity contribution in [1.82, 2.24) is 0 Å².